The molecule has 0 aromatic carbocycles. The van der Waals surface area contributed by atoms with Crippen LogP contribution < -0.4 is 0 Å². The zero-order valence-corrected chi connectivity index (χ0v) is 8.60. The van der Waals surface area contributed by atoms with Crippen molar-refractivity contribution in [2.45, 2.75) is 13.0 Å². The summed E-state index contributed by atoms with van der Waals surface area (Å²) in [5.41, 5.74) is 0. The Morgan fingerprint density at radius 3 is 3.00 bits per heavy atom. The van der Waals surface area contributed by atoms with Crippen molar-refractivity contribution < 1.29 is 14.4 Å². The van der Waals surface area contributed by atoms with E-state index >= 15 is 0 Å². The number of likely N-dealkylation sites (N-methyl/N-ethyl adjacent to an activating group) is 1. The Labute approximate surface area is 83.5 Å². The van der Waals surface area contributed by atoms with Gasteiger partial charge in [0.2, 0.25) is 0 Å². The molecular weight excluding hydrogens is 184 g/mol. The molecule has 0 aromatic heterocycles. The van der Waals surface area contributed by atoms with E-state index < -0.39 is 0 Å². The Bertz CT molecular complexity index is 234. The number of carbonyl (C=O) groups excluding carboxylic acids is 1. The lowest BCUT2D eigenvalue weighted by Gasteiger charge is -2.19. The molecule has 2 unspecified atom stereocenters. The van der Waals surface area contributed by atoms with E-state index in [1.807, 2.05) is 19.0 Å². The number of fused-ring (bicyclic) bond motifs is 1. The number of rotatable bonds is 1. The molecule has 0 aliphatic carbocycles. The first-order valence-electron chi connectivity index (χ1n) is 4.99. The monoisotopic (exact) mass is 200 g/mol. The molecule has 0 saturated carbocycles. The van der Waals surface area contributed by atoms with Gasteiger partial charge in [-0.1, -0.05) is 0 Å². The van der Waals surface area contributed by atoms with Gasteiger partial charge in [0.05, 0.1) is 19.3 Å². The summed E-state index contributed by atoms with van der Waals surface area (Å²) in [6.45, 7) is 4.46. The minimum Gasteiger partial charge on any atom is -0.450 e. The second-order valence-electron chi connectivity index (χ2n) is 3.77. The zero-order valence-electron chi connectivity index (χ0n) is 8.60. The maximum atomic E-state index is 11.4. The van der Waals surface area contributed by atoms with Crippen molar-refractivity contribution >= 4 is 6.09 Å². The molecule has 5 heteroatoms. The van der Waals surface area contributed by atoms with Gasteiger partial charge in [-0.3, -0.25) is 4.84 Å². The summed E-state index contributed by atoms with van der Waals surface area (Å²) in [5.74, 6) is 0.449. The fraction of sp³-hybridized carbons (Fsp3) is 0.889. The summed E-state index contributed by atoms with van der Waals surface area (Å²) in [5, 5.41) is 1.85. The number of hydroxylamine groups is 2. The molecule has 2 aliphatic rings. The van der Waals surface area contributed by atoms with E-state index in [2.05, 4.69) is 0 Å². The standard InChI is InChI=1S/C9H16N2O3/c1-3-13-9(12)11-4-7-6-14-10(2)8(7)5-11/h7-8H,3-6H2,1-2H3. The number of nitrogens with zero attached hydrogens (tertiary/aromatic N) is 2. The van der Waals surface area contributed by atoms with Gasteiger partial charge in [0, 0.05) is 26.1 Å². The molecule has 0 bridgehead atoms. The van der Waals surface area contributed by atoms with Gasteiger partial charge in [-0.05, 0) is 6.92 Å². The third kappa shape index (κ3) is 1.57. The van der Waals surface area contributed by atoms with Crippen LogP contribution in [0.2, 0.25) is 0 Å². The van der Waals surface area contributed by atoms with Crippen LogP contribution in [-0.4, -0.2) is 55.4 Å². The van der Waals surface area contributed by atoms with Crippen LogP contribution in [0.4, 0.5) is 4.79 Å². The third-order valence-electron chi connectivity index (χ3n) is 2.89. The van der Waals surface area contributed by atoms with Crippen LogP contribution in [0.1, 0.15) is 6.92 Å². The first-order valence-corrected chi connectivity index (χ1v) is 4.99. The molecule has 0 radical (unpaired) electrons. The smallest absolute Gasteiger partial charge is 0.409 e. The van der Waals surface area contributed by atoms with E-state index in [0.29, 0.717) is 18.6 Å². The highest BCUT2D eigenvalue weighted by atomic mass is 16.7. The predicted molar refractivity (Wildman–Crippen MR) is 49.6 cm³/mol. The zero-order chi connectivity index (χ0) is 10.1. The van der Waals surface area contributed by atoms with Gasteiger partial charge in [-0.15, -0.1) is 0 Å². The Morgan fingerprint density at radius 2 is 2.36 bits per heavy atom. The molecule has 0 spiro atoms. The second-order valence-corrected chi connectivity index (χ2v) is 3.77. The highest BCUT2D eigenvalue weighted by molar-refractivity contribution is 5.68. The normalized spacial score (nSPS) is 32.0. The van der Waals surface area contributed by atoms with E-state index in [9.17, 15) is 4.79 Å². The SMILES string of the molecule is CCOC(=O)N1CC2CON(C)C2C1. The summed E-state index contributed by atoms with van der Waals surface area (Å²) in [6, 6.07) is 0.347. The Morgan fingerprint density at radius 1 is 1.57 bits per heavy atom. The first-order chi connectivity index (χ1) is 6.72. The number of amides is 1. The fourth-order valence-corrected chi connectivity index (χ4v) is 2.10. The Balaban J connectivity index is 1.92. The lowest BCUT2D eigenvalue weighted by molar-refractivity contribution is -0.112. The average molecular weight is 200 g/mol. The second kappa shape index (κ2) is 3.74. The molecule has 2 atom stereocenters. The Kier molecular flexibility index (Phi) is 2.60. The Hall–Kier alpha value is -0.810. The van der Waals surface area contributed by atoms with Crippen LogP contribution in [0, 0.1) is 5.92 Å². The molecule has 2 aliphatic heterocycles. The van der Waals surface area contributed by atoms with E-state index in [0.717, 1.165) is 19.7 Å². The third-order valence-corrected chi connectivity index (χ3v) is 2.89. The van der Waals surface area contributed by atoms with Gasteiger partial charge in [-0.25, -0.2) is 4.79 Å². The topological polar surface area (TPSA) is 42.0 Å². The summed E-state index contributed by atoms with van der Waals surface area (Å²) in [6.07, 6.45) is -0.199. The molecule has 0 aromatic rings. The molecule has 14 heavy (non-hydrogen) atoms. The lowest BCUT2D eigenvalue weighted by atomic mass is 10.1. The van der Waals surface area contributed by atoms with Gasteiger partial charge in [0.1, 0.15) is 0 Å². The molecule has 2 rings (SSSR count). The van der Waals surface area contributed by atoms with Crippen LogP contribution in [0.15, 0.2) is 0 Å². The maximum Gasteiger partial charge on any atom is 0.409 e. The van der Waals surface area contributed by atoms with Crippen LogP contribution in [0.3, 0.4) is 0 Å². The van der Waals surface area contributed by atoms with Gasteiger partial charge >= 0.3 is 6.09 Å². The minimum atomic E-state index is -0.199. The fourth-order valence-electron chi connectivity index (χ4n) is 2.10. The molecule has 0 N–H and O–H groups in total. The summed E-state index contributed by atoms with van der Waals surface area (Å²) >= 11 is 0. The van der Waals surface area contributed by atoms with Gasteiger partial charge in [-0.2, -0.15) is 5.06 Å². The summed E-state index contributed by atoms with van der Waals surface area (Å²) < 4.78 is 4.95. The quantitative estimate of drug-likeness (QED) is 0.611. The number of likely N-dealkylation sites (tertiary alicyclic amines) is 1. The lowest BCUT2D eigenvalue weighted by Crippen LogP contribution is -2.34. The largest absolute Gasteiger partial charge is 0.450 e. The summed E-state index contributed by atoms with van der Waals surface area (Å²) in [4.78, 5) is 18.6. The average Bonchev–Trinajstić information content (AvgIpc) is 2.69. The minimum absolute atomic E-state index is 0.199. The number of hydrogen-bond acceptors (Lipinski definition) is 4. The van der Waals surface area contributed by atoms with Crippen molar-refractivity contribution in [2.75, 3.05) is 33.4 Å². The van der Waals surface area contributed by atoms with E-state index in [1.54, 1.807) is 4.90 Å². The van der Waals surface area contributed by atoms with Crippen molar-refractivity contribution in [1.82, 2.24) is 9.96 Å². The molecule has 5 nitrogen and oxygen atoms in total. The predicted octanol–water partition coefficient (Wildman–Crippen LogP) is 0.320. The van der Waals surface area contributed by atoms with Crippen LogP contribution in [0.25, 0.3) is 0 Å². The van der Waals surface area contributed by atoms with Crippen LogP contribution >= 0.6 is 0 Å². The summed E-state index contributed by atoms with van der Waals surface area (Å²) in [7, 11) is 1.92. The molecule has 1 amide bonds. The molecular formula is C9H16N2O3. The van der Waals surface area contributed by atoms with Crippen molar-refractivity contribution in [3.63, 3.8) is 0 Å². The molecule has 80 valence electrons. The highest BCUT2D eigenvalue weighted by Gasteiger charge is 2.43. The van der Waals surface area contributed by atoms with E-state index in [4.69, 9.17) is 9.57 Å². The van der Waals surface area contributed by atoms with Gasteiger partial charge in [0.25, 0.3) is 0 Å². The van der Waals surface area contributed by atoms with Crippen molar-refractivity contribution in [3.05, 3.63) is 0 Å². The molecule has 2 heterocycles. The molecule has 2 saturated heterocycles. The van der Waals surface area contributed by atoms with Crippen LogP contribution in [0.5, 0.6) is 0 Å². The van der Waals surface area contributed by atoms with Gasteiger partial charge < -0.3 is 9.64 Å². The van der Waals surface area contributed by atoms with E-state index in [-0.39, 0.29) is 6.09 Å². The molecule has 2 fully saturated rings. The highest BCUT2D eigenvalue weighted by Crippen LogP contribution is 2.27. The van der Waals surface area contributed by atoms with Crippen LogP contribution in [-0.2, 0) is 9.57 Å². The van der Waals surface area contributed by atoms with Crippen molar-refractivity contribution in [1.29, 1.82) is 0 Å². The maximum absolute atomic E-state index is 11.4. The van der Waals surface area contributed by atoms with E-state index in [1.165, 1.54) is 0 Å². The van der Waals surface area contributed by atoms with Crippen molar-refractivity contribution in [2.24, 2.45) is 5.92 Å². The first kappa shape index (κ1) is 9.73. The van der Waals surface area contributed by atoms with Gasteiger partial charge in [0.15, 0.2) is 0 Å². The number of carbonyl (C=O) groups is 1. The number of ether oxygens (including phenoxy) is 1. The van der Waals surface area contributed by atoms with Crippen molar-refractivity contribution in [3.8, 4) is 0 Å². The number of hydrogen-bond donors (Lipinski definition) is 0.